The molecular formula is C8H18NRuS2. The Morgan fingerprint density at radius 2 is 1.33 bits per heavy atom. The molecule has 0 fully saturated rings. The number of hydrogen-bond acceptors (Lipinski definition) is 2. The quantitative estimate of drug-likeness (QED) is 0.504. The molecule has 1 nitrogen and oxygen atoms in total. The van der Waals surface area contributed by atoms with E-state index in [0.717, 1.165) is 13.1 Å². The molecule has 0 bridgehead atoms. The molecule has 0 aromatic carbocycles. The first-order chi connectivity index (χ1) is 5.41. The van der Waals surface area contributed by atoms with Crippen LogP contribution in [0.25, 0.3) is 5.32 Å². The van der Waals surface area contributed by atoms with Gasteiger partial charge < -0.3 is 5.32 Å². The third kappa shape index (κ3) is 13.8. The molecule has 75 valence electrons. The fourth-order valence-corrected chi connectivity index (χ4v) is 1.75. The van der Waals surface area contributed by atoms with Crippen molar-refractivity contribution >= 4 is 23.5 Å². The van der Waals surface area contributed by atoms with Gasteiger partial charge in [0.05, 0.1) is 0 Å². The normalized spacial score (nSPS) is 9.50. The van der Waals surface area contributed by atoms with E-state index in [1.165, 1.54) is 23.0 Å². The van der Waals surface area contributed by atoms with Crippen LogP contribution in [-0.2, 0) is 19.5 Å². The number of thioether (sulfide) groups is 2. The molecule has 0 aliphatic heterocycles. The van der Waals surface area contributed by atoms with Crippen molar-refractivity contribution in [2.75, 3.05) is 36.1 Å². The molecule has 0 aliphatic carbocycles. The minimum Gasteiger partial charge on any atom is -0.661 e. The molecule has 0 atom stereocenters. The first-order valence-corrected chi connectivity index (χ1v) is 6.51. The molecule has 0 spiro atoms. The molecule has 0 aromatic rings. The summed E-state index contributed by atoms with van der Waals surface area (Å²) in [5, 5.41) is 4.40. The first kappa shape index (κ1) is 15.7. The van der Waals surface area contributed by atoms with Gasteiger partial charge in [-0.2, -0.15) is 23.5 Å². The van der Waals surface area contributed by atoms with Crippen molar-refractivity contribution in [1.29, 1.82) is 0 Å². The summed E-state index contributed by atoms with van der Waals surface area (Å²) in [5.41, 5.74) is 0. The van der Waals surface area contributed by atoms with Gasteiger partial charge in [0.2, 0.25) is 0 Å². The van der Waals surface area contributed by atoms with Gasteiger partial charge in [-0.15, -0.1) is 13.1 Å². The van der Waals surface area contributed by atoms with E-state index < -0.39 is 0 Å². The van der Waals surface area contributed by atoms with Crippen LogP contribution in [0.1, 0.15) is 13.8 Å². The standard InChI is InChI=1S/C8H18NS2.Ru/c1-3-10-7-5-9-6-8-11-4-2;/h3-8H2,1-2H3;/q-1;+1. The van der Waals surface area contributed by atoms with Crippen LogP contribution in [0.15, 0.2) is 0 Å². The van der Waals surface area contributed by atoms with E-state index in [-0.39, 0.29) is 19.5 Å². The molecule has 0 unspecified atom stereocenters. The maximum absolute atomic E-state index is 4.40. The van der Waals surface area contributed by atoms with Gasteiger partial charge in [0.25, 0.3) is 0 Å². The van der Waals surface area contributed by atoms with Crippen molar-refractivity contribution in [2.24, 2.45) is 0 Å². The van der Waals surface area contributed by atoms with Crippen LogP contribution < -0.4 is 0 Å². The second kappa shape index (κ2) is 14.8. The topological polar surface area (TPSA) is 14.1 Å². The fourth-order valence-electron chi connectivity index (χ4n) is 0.659. The molecule has 4 heteroatoms. The monoisotopic (exact) mass is 294 g/mol. The molecule has 0 aromatic heterocycles. The van der Waals surface area contributed by atoms with E-state index in [0.29, 0.717) is 0 Å². The van der Waals surface area contributed by atoms with E-state index in [2.05, 4.69) is 19.2 Å². The largest absolute Gasteiger partial charge is 1.00 e. The minimum atomic E-state index is 0. The average Bonchev–Trinajstić information content (AvgIpc) is 2.03. The van der Waals surface area contributed by atoms with E-state index in [9.17, 15) is 0 Å². The molecule has 0 aliphatic rings. The molecule has 1 radical (unpaired) electrons. The van der Waals surface area contributed by atoms with Gasteiger partial charge >= 0.3 is 19.5 Å². The smallest absolute Gasteiger partial charge is 0.661 e. The molecule has 0 N–H and O–H groups in total. The molecule has 12 heavy (non-hydrogen) atoms. The summed E-state index contributed by atoms with van der Waals surface area (Å²) in [5.74, 6) is 4.85. The Morgan fingerprint density at radius 3 is 1.67 bits per heavy atom. The zero-order chi connectivity index (χ0) is 8.36. The van der Waals surface area contributed by atoms with Crippen molar-refractivity contribution in [2.45, 2.75) is 13.8 Å². The summed E-state index contributed by atoms with van der Waals surface area (Å²) in [6.07, 6.45) is 0. The molecule has 0 saturated heterocycles. The molecule has 0 rings (SSSR count). The maximum atomic E-state index is 4.40. The van der Waals surface area contributed by atoms with Gasteiger partial charge in [-0.3, -0.25) is 0 Å². The van der Waals surface area contributed by atoms with Crippen LogP contribution in [0.2, 0.25) is 0 Å². The third-order valence-electron chi connectivity index (χ3n) is 1.20. The molecule has 0 heterocycles. The molecule has 0 amide bonds. The van der Waals surface area contributed by atoms with Crippen molar-refractivity contribution in [3.8, 4) is 0 Å². The summed E-state index contributed by atoms with van der Waals surface area (Å²) < 4.78 is 0. The first-order valence-electron chi connectivity index (χ1n) is 4.20. The van der Waals surface area contributed by atoms with Crippen LogP contribution in [0.5, 0.6) is 0 Å². The van der Waals surface area contributed by atoms with Crippen molar-refractivity contribution < 1.29 is 19.5 Å². The predicted molar refractivity (Wildman–Crippen MR) is 59.1 cm³/mol. The Bertz CT molecular complexity index is 66.1. The Labute approximate surface area is 98.0 Å². The molecule has 0 saturated carbocycles. The van der Waals surface area contributed by atoms with Gasteiger partial charge in [-0.05, 0) is 23.0 Å². The van der Waals surface area contributed by atoms with Gasteiger partial charge in [0.15, 0.2) is 0 Å². The van der Waals surface area contributed by atoms with Gasteiger partial charge in [0, 0.05) is 0 Å². The zero-order valence-electron chi connectivity index (χ0n) is 7.86. The molecular weight excluding hydrogens is 275 g/mol. The third-order valence-corrected chi connectivity index (χ3v) is 2.95. The van der Waals surface area contributed by atoms with Crippen molar-refractivity contribution in [3.05, 3.63) is 5.32 Å². The Kier molecular flexibility index (Phi) is 19.4. The summed E-state index contributed by atoms with van der Waals surface area (Å²) in [6, 6.07) is 0. The van der Waals surface area contributed by atoms with E-state index >= 15 is 0 Å². The second-order valence-corrected chi connectivity index (χ2v) is 4.85. The Balaban J connectivity index is 0. The fraction of sp³-hybridized carbons (Fsp3) is 1.00. The van der Waals surface area contributed by atoms with E-state index in [4.69, 9.17) is 0 Å². The maximum Gasteiger partial charge on any atom is 1.00 e. The van der Waals surface area contributed by atoms with Crippen LogP contribution in [0, 0.1) is 0 Å². The van der Waals surface area contributed by atoms with Crippen LogP contribution in [-0.4, -0.2) is 36.1 Å². The van der Waals surface area contributed by atoms with E-state index in [1.54, 1.807) is 0 Å². The Hall–Kier alpha value is 1.28. The average molecular weight is 293 g/mol. The number of hydrogen-bond donors (Lipinski definition) is 0. The van der Waals surface area contributed by atoms with Gasteiger partial charge in [0.1, 0.15) is 0 Å². The summed E-state index contributed by atoms with van der Waals surface area (Å²) in [7, 11) is 0. The van der Waals surface area contributed by atoms with Crippen LogP contribution in [0.3, 0.4) is 0 Å². The van der Waals surface area contributed by atoms with Gasteiger partial charge in [-0.25, -0.2) is 0 Å². The number of nitrogens with zero attached hydrogens (tertiary/aromatic N) is 1. The Morgan fingerprint density at radius 1 is 0.917 bits per heavy atom. The number of rotatable bonds is 8. The predicted octanol–water partition coefficient (Wildman–Crippen LogP) is 2.86. The van der Waals surface area contributed by atoms with Crippen LogP contribution >= 0.6 is 23.5 Å². The van der Waals surface area contributed by atoms with Crippen molar-refractivity contribution in [1.82, 2.24) is 0 Å². The van der Waals surface area contributed by atoms with E-state index in [1.807, 2.05) is 23.5 Å². The SMILES string of the molecule is CCSCC[N-]CCSCC.[Ru+]. The zero-order valence-corrected chi connectivity index (χ0v) is 11.2. The summed E-state index contributed by atoms with van der Waals surface area (Å²) in [4.78, 5) is 0. The summed E-state index contributed by atoms with van der Waals surface area (Å²) in [6.45, 7) is 6.47. The summed E-state index contributed by atoms with van der Waals surface area (Å²) >= 11 is 3.94. The van der Waals surface area contributed by atoms with Crippen LogP contribution in [0.4, 0.5) is 0 Å². The minimum absolute atomic E-state index is 0. The second-order valence-electron chi connectivity index (χ2n) is 2.06. The van der Waals surface area contributed by atoms with Gasteiger partial charge in [-0.1, -0.05) is 13.8 Å². The van der Waals surface area contributed by atoms with Crippen molar-refractivity contribution in [3.63, 3.8) is 0 Å².